The van der Waals surface area contributed by atoms with Crippen LogP contribution in [-0.2, 0) is 13.7 Å². The van der Waals surface area contributed by atoms with Crippen LogP contribution in [-0.4, -0.2) is 27.9 Å². The molecule has 1 aromatic carbocycles. The van der Waals surface area contributed by atoms with E-state index in [1.54, 1.807) is 24.1 Å². The number of methoxy groups -OCH3 is 1. The SMILES string of the molecule is COc1cc(C=O)c([N+](=O)[O-])cc1OCc1cncn1C. The first-order valence-corrected chi connectivity index (χ1v) is 5.96. The van der Waals surface area contributed by atoms with E-state index in [0.29, 0.717) is 6.29 Å². The number of carbonyl (C=O) groups is 1. The molecule has 0 saturated heterocycles. The summed E-state index contributed by atoms with van der Waals surface area (Å²) in [7, 11) is 3.20. The zero-order chi connectivity index (χ0) is 15.4. The highest BCUT2D eigenvalue weighted by molar-refractivity contribution is 5.83. The summed E-state index contributed by atoms with van der Waals surface area (Å²) < 4.78 is 12.4. The van der Waals surface area contributed by atoms with Gasteiger partial charge in [0.05, 0.1) is 41.9 Å². The number of ether oxygens (including phenoxy) is 2. The van der Waals surface area contributed by atoms with E-state index in [1.807, 2.05) is 0 Å². The van der Waals surface area contributed by atoms with Gasteiger partial charge in [-0.15, -0.1) is 0 Å². The van der Waals surface area contributed by atoms with Crippen LogP contribution in [0.15, 0.2) is 24.7 Å². The summed E-state index contributed by atoms with van der Waals surface area (Å²) in [5, 5.41) is 11.0. The van der Waals surface area contributed by atoms with Gasteiger partial charge < -0.3 is 14.0 Å². The molecule has 0 aliphatic carbocycles. The number of hydrogen-bond donors (Lipinski definition) is 0. The fourth-order valence-corrected chi connectivity index (χ4v) is 1.77. The molecule has 0 amide bonds. The van der Waals surface area contributed by atoms with Gasteiger partial charge in [-0.05, 0) is 0 Å². The Labute approximate surface area is 120 Å². The Kier molecular flexibility index (Phi) is 4.17. The maximum absolute atomic E-state index is 11.0. The smallest absolute Gasteiger partial charge is 0.283 e. The third kappa shape index (κ3) is 2.99. The summed E-state index contributed by atoms with van der Waals surface area (Å²) in [4.78, 5) is 25.2. The van der Waals surface area contributed by atoms with Crippen molar-refractivity contribution in [1.82, 2.24) is 9.55 Å². The van der Waals surface area contributed by atoms with E-state index in [2.05, 4.69) is 4.98 Å². The van der Waals surface area contributed by atoms with Crippen LogP contribution in [0.2, 0.25) is 0 Å². The average molecular weight is 291 g/mol. The number of aldehydes is 1. The van der Waals surface area contributed by atoms with E-state index in [1.165, 1.54) is 19.2 Å². The monoisotopic (exact) mass is 291 g/mol. The molecule has 0 radical (unpaired) electrons. The minimum atomic E-state index is -0.639. The molecule has 0 bridgehead atoms. The van der Waals surface area contributed by atoms with Gasteiger partial charge in [0.25, 0.3) is 5.69 Å². The van der Waals surface area contributed by atoms with Gasteiger partial charge in [-0.25, -0.2) is 4.98 Å². The predicted octanol–water partition coefficient (Wildman–Crippen LogP) is 1.73. The highest BCUT2D eigenvalue weighted by atomic mass is 16.6. The average Bonchev–Trinajstić information content (AvgIpc) is 2.89. The summed E-state index contributed by atoms with van der Waals surface area (Å²) in [6, 6.07) is 2.46. The van der Waals surface area contributed by atoms with Crippen molar-refractivity contribution in [2.45, 2.75) is 6.61 Å². The second-order valence-corrected chi connectivity index (χ2v) is 4.22. The first-order valence-electron chi connectivity index (χ1n) is 5.96. The maximum atomic E-state index is 11.0. The number of nitro groups is 1. The maximum Gasteiger partial charge on any atom is 0.283 e. The zero-order valence-electron chi connectivity index (χ0n) is 11.5. The van der Waals surface area contributed by atoms with Crippen LogP contribution >= 0.6 is 0 Å². The normalized spacial score (nSPS) is 10.2. The van der Waals surface area contributed by atoms with Gasteiger partial charge in [0, 0.05) is 13.1 Å². The molecule has 0 fully saturated rings. The Morgan fingerprint density at radius 3 is 2.71 bits per heavy atom. The van der Waals surface area contributed by atoms with Crippen LogP contribution in [0.3, 0.4) is 0 Å². The molecule has 110 valence electrons. The molecule has 21 heavy (non-hydrogen) atoms. The highest BCUT2D eigenvalue weighted by Gasteiger charge is 2.19. The number of carbonyl (C=O) groups excluding carboxylic acids is 1. The third-order valence-electron chi connectivity index (χ3n) is 2.93. The van der Waals surface area contributed by atoms with Crippen LogP contribution in [0.5, 0.6) is 11.5 Å². The Bertz CT molecular complexity index is 680. The van der Waals surface area contributed by atoms with Crippen molar-refractivity contribution in [3.63, 3.8) is 0 Å². The number of nitro benzene ring substituents is 1. The quantitative estimate of drug-likeness (QED) is 0.457. The molecule has 2 aromatic rings. The molecule has 8 heteroatoms. The molecule has 0 saturated carbocycles. The number of imidazole rings is 1. The molecule has 1 heterocycles. The van der Waals surface area contributed by atoms with E-state index >= 15 is 0 Å². The molecule has 0 N–H and O–H groups in total. The zero-order valence-corrected chi connectivity index (χ0v) is 11.5. The lowest BCUT2D eigenvalue weighted by Crippen LogP contribution is -2.04. The second kappa shape index (κ2) is 6.04. The Morgan fingerprint density at radius 1 is 1.43 bits per heavy atom. The lowest BCUT2D eigenvalue weighted by molar-refractivity contribution is -0.385. The molecule has 1 aromatic heterocycles. The summed E-state index contributed by atoms with van der Waals surface area (Å²) in [6.07, 6.45) is 3.65. The van der Waals surface area contributed by atoms with Gasteiger partial charge in [0.1, 0.15) is 6.61 Å². The molecule has 0 aliphatic heterocycles. The number of benzene rings is 1. The molecule has 0 atom stereocenters. The van der Waals surface area contributed by atoms with Crippen molar-refractivity contribution in [2.75, 3.05) is 7.11 Å². The minimum absolute atomic E-state index is 0.0651. The molecule has 0 aliphatic rings. The van der Waals surface area contributed by atoms with Crippen LogP contribution < -0.4 is 9.47 Å². The predicted molar refractivity (Wildman–Crippen MR) is 72.6 cm³/mol. The fraction of sp³-hybridized carbons (Fsp3) is 0.231. The third-order valence-corrected chi connectivity index (χ3v) is 2.93. The number of rotatable bonds is 6. The highest BCUT2D eigenvalue weighted by Crippen LogP contribution is 2.34. The van der Waals surface area contributed by atoms with Crippen LogP contribution in [0.1, 0.15) is 16.1 Å². The molecule has 2 rings (SSSR count). The van der Waals surface area contributed by atoms with Crippen molar-refractivity contribution in [3.05, 3.63) is 46.0 Å². The minimum Gasteiger partial charge on any atom is -0.493 e. The van der Waals surface area contributed by atoms with Crippen molar-refractivity contribution in [1.29, 1.82) is 0 Å². The summed E-state index contributed by atoms with van der Waals surface area (Å²) >= 11 is 0. The first kappa shape index (κ1) is 14.5. The molecular formula is C13H13N3O5. The Hall–Kier alpha value is -2.90. The van der Waals surface area contributed by atoms with E-state index in [-0.39, 0.29) is 29.4 Å². The standard InChI is InChI=1S/C13H13N3O5/c1-15-8-14-5-10(15)7-21-13-4-11(16(18)19)9(6-17)3-12(13)20-2/h3-6,8H,7H2,1-2H3. The number of hydrogen-bond acceptors (Lipinski definition) is 6. The lowest BCUT2D eigenvalue weighted by atomic mass is 10.1. The van der Waals surface area contributed by atoms with E-state index in [9.17, 15) is 14.9 Å². The number of nitrogens with zero attached hydrogens (tertiary/aromatic N) is 3. The van der Waals surface area contributed by atoms with Crippen molar-refractivity contribution >= 4 is 12.0 Å². The first-order chi connectivity index (χ1) is 10.1. The Morgan fingerprint density at radius 2 is 2.19 bits per heavy atom. The van der Waals surface area contributed by atoms with Crippen LogP contribution in [0.25, 0.3) is 0 Å². The molecular weight excluding hydrogens is 278 g/mol. The van der Waals surface area contributed by atoms with Crippen molar-refractivity contribution < 1.29 is 19.2 Å². The van der Waals surface area contributed by atoms with Crippen molar-refractivity contribution in [3.8, 4) is 11.5 Å². The Balaban J connectivity index is 2.33. The van der Waals surface area contributed by atoms with Crippen LogP contribution in [0.4, 0.5) is 5.69 Å². The van der Waals surface area contributed by atoms with Gasteiger partial charge in [-0.1, -0.05) is 0 Å². The topological polar surface area (TPSA) is 96.5 Å². The summed E-state index contributed by atoms with van der Waals surface area (Å²) in [5.41, 5.74) is 0.398. The van der Waals surface area contributed by atoms with Gasteiger partial charge in [0.15, 0.2) is 17.8 Å². The van der Waals surface area contributed by atoms with E-state index < -0.39 is 4.92 Å². The van der Waals surface area contributed by atoms with E-state index in [4.69, 9.17) is 9.47 Å². The number of aromatic nitrogens is 2. The van der Waals surface area contributed by atoms with Crippen molar-refractivity contribution in [2.24, 2.45) is 7.05 Å². The summed E-state index contributed by atoms with van der Waals surface area (Å²) in [5.74, 6) is 0.445. The molecule has 0 spiro atoms. The number of aryl methyl sites for hydroxylation is 1. The van der Waals surface area contributed by atoms with Gasteiger partial charge in [-0.3, -0.25) is 14.9 Å². The molecule has 0 unspecified atom stereocenters. The van der Waals surface area contributed by atoms with Gasteiger partial charge >= 0.3 is 0 Å². The lowest BCUT2D eigenvalue weighted by Gasteiger charge is -2.11. The van der Waals surface area contributed by atoms with Gasteiger partial charge in [0.2, 0.25) is 0 Å². The van der Waals surface area contributed by atoms with E-state index in [0.717, 1.165) is 5.69 Å². The van der Waals surface area contributed by atoms with Gasteiger partial charge in [-0.2, -0.15) is 0 Å². The van der Waals surface area contributed by atoms with Crippen LogP contribution in [0, 0.1) is 10.1 Å². The fourth-order valence-electron chi connectivity index (χ4n) is 1.77. The largest absolute Gasteiger partial charge is 0.493 e. The second-order valence-electron chi connectivity index (χ2n) is 4.22. The summed E-state index contributed by atoms with van der Waals surface area (Å²) in [6.45, 7) is 0.171. The molecule has 8 nitrogen and oxygen atoms in total.